The van der Waals surface area contributed by atoms with Crippen molar-refractivity contribution in [2.75, 3.05) is 20.1 Å². The van der Waals surface area contributed by atoms with Crippen LogP contribution < -0.4 is 15.8 Å². The summed E-state index contributed by atoms with van der Waals surface area (Å²) < 4.78 is 27.5. The molecule has 4 N–H and O–H groups in total. The van der Waals surface area contributed by atoms with E-state index >= 15 is 0 Å². The van der Waals surface area contributed by atoms with Crippen molar-refractivity contribution in [3.8, 4) is 0 Å². The molecule has 0 radical (unpaired) electrons. The molecule has 2 atom stereocenters. The van der Waals surface area contributed by atoms with Crippen molar-refractivity contribution in [3.05, 3.63) is 63.1 Å². The van der Waals surface area contributed by atoms with Crippen LogP contribution in [0.3, 0.4) is 0 Å². The fourth-order valence-electron chi connectivity index (χ4n) is 3.64. The van der Waals surface area contributed by atoms with Gasteiger partial charge in [-0.2, -0.15) is 0 Å². The number of sulfonamides is 1. The zero-order valence-electron chi connectivity index (χ0n) is 15.0. The summed E-state index contributed by atoms with van der Waals surface area (Å²) in [6, 6.07) is 11.1. The van der Waals surface area contributed by atoms with E-state index in [0.717, 1.165) is 29.5 Å². The van der Waals surface area contributed by atoms with Gasteiger partial charge in [-0.05, 0) is 60.8 Å². The Kier molecular flexibility index (Phi) is 6.46. The third-order valence-corrected chi connectivity index (χ3v) is 7.19. The summed E-state index contributed by atoms with van der Waals surface area (Å²) in [5, 5.41) is 4.34. The Hall–Kier alpha value is -1.15. The highest BCUT2D eigenvalue weighted by atomic mass is 35.5. The molecular weight excluding hydrogens is 405 g/mol. The van der Waals surface area contributed by atoms with Crippen molar-refractivity contribution in [1.82, 2.24) is 10.0 Å². The number of benzene rings is 2. The van der Waals surface area contributed by atoms with Gasteiger partial charge < -0.3 is 11.1 Å². The van der Waals surface area contributed by atoms with Crippen molar-refractivity contribution < 1.29 is 8.42 Å². The normalized spacial score (nSPS) is 19.7. The van der Waals surface area contributed by atoms with Crippen LogP contribution in [0, 0.1) is 0 Å². The first kappa shape index (κ1) is 20.6. The highest BCUT2D eigenvalue weighted by Crippen LogP contribution is 2.43. The minimum absolute atomic E-state index is 0.101. The van der Waals surface area contributed by atoms with Crippen LogP contribution in [-0.4, -0.2) is 28.6 Å². The molecule has 2 aromatic carbocycles. The Labute approximate surface area is 170 Å². The molecule has 1 aliphatic carbocycles. The van der Waals surface area contributed by atoms with Gasteiger partial charge in [0, 0.05) is 25.0 Å². The van der Waals surface area contributed by atoms with Crippen LogP contribution in [0.5, 0.6) is 0 Å². The van der Waals surface area contributed by atoms with Crippen LogP contribution in [0.1, 0.15) is 41.5 Å². The highest BCUT2D eigenvalue weighted by Gasteiger charge is 2.29. The van der Waals surface area contributed by atoms with E-state index in [1.165, 1.54) is 0 Å². The third kappa shape index (κ3) is 4.31. The summed E-state index contributed by atoms with van der Waals surface area (Å²) in [6.07, 6.45) is 1.84. The Balaban J connectivity index is 2.04. The van der Waals surface area contributed by atoms with Crippen LogP contribution in [0.15, 0.2) is 41.3 Å². The zero-order valence-corrected chi connectivity index (χ0v) is 17.3. The number of nitrogens with two attached hydrogens (primary N) is 1. The predicted molar refractivity (Wildman–Crippen MR) is 110 cm³/mol. The van der Waals surface area contributed by atoms with Gasteiger partial charge in [-0.1, -0.05) is 35.3 Å². The van der Waals surface area contributed by atoms with E-state index in [9.17, 15) is 8.42 Å². The van der Waals surface area contributed by atoms with Crippen molar-refractivity contribution in [2.24, 2.45) is 5.73 Å². The van der Waals surface area contributed by atoms with Gasteiger partial charge in [0.1, 0.15) is 0 Å². The first-order chi connectivity index (χ1) is 12.9. The highest BCUT2D eigenvalue weighted by molar-refractivity contribution is 7.89. The van der Waals surface area contributed by atoms with E-state index in [4.69, 9.17) is 28.9 Å². The molecule has 146 valence electrons. The lowest BCUT2D eigenvalue weighted by Gasteiger charge is -2.32. The van der Waals surface area contributed by atoms with Crippen molar-refractivity contribution in [2.45, 2.75) is 29.7 Å². The first-order valence-corrected chi connectivity index (χ1v) is 11.1. The monoisotopic (exact) mass is 427 g/mol. The largest absolute Gasteiger partial charge is 0.329 e. The second-order valence-corrected chi connectivity index (χ2v) is 9.20. The molecule has 0 amide bonds. The molecule has 0 heterocycles. The van der Waals surface area contributed by atoms with E-state index in [-0.39, 0.29) is 29.9 Å². The van der Waals surface area contributed by atoms with Gasteiger partial charge >= 0.3 is 0 Å². The smallest absolute Gasteiger partial charge is 0.240 e. The molecule has 0 aromatic heterocycles. The summed E-state index contributed by atoms with van der Waals surface area (Å²) in [5.74, 6) is 0.146. The minimum Gasteiger partial charge on any atom is -0.329 e. The van der Waals surface area contributed by atoms with Gasteiger partial charge in [0.05, 0.1) is 14.9 Å². The molecule has 2 aromatic rings. The van der Waals surface area contributed by atoms with Crippen molar-refractivity contribution >= 4 is 33.2 Å². The standard InChI is InChI=1S/C19H23Cl2N3O2S/c1-23-19-7-5-14(12-2-6-17(20)18(21)10-12)15-4-3-13(11-16(15)19)27(25,26)24-9-8-22/h2-4,6,10-11,14,19,23-24H,5,7-9,22H2,1H3/t14-,19-/m0/s1. The lowest BCUT2D eigenvalue weighted by atomic mass is 9.77. The zero-order chi connectivity index (χ0) is 19.6. The number of hydrogen-bond acceptors (Lipinski definition) is 4. The molecule has 0 saturated heterocycles. The number of rotatable bonds is 6. The molecule has 0 bridgehead atoms. The Morgan fingerprint density at radius 1 is 1.07 bits per heavy atom. The maximum atomic E-state index is 12.5. The van der Waals surface area contributed by atoms with Gasteiger partial charge in [-0.3, -0.25) is 0 Å². The summed E-state index contributed by atoms with van der Waals surface area (Å²) >= 11 is 12.3. The molecule has 8 heteroatoms. The third-order valence-electron chi connectivity index (χ3n) is 4.99. The second kappa shape index (κ2) is 8.47. The minimum atomic E-state index is -3.58. The van der Waals surface area contributed by atoms with Crippen LogP contribution in [0.25, 0.3) is 0 Å². The molecule has 3 rings (SSSR count). The van der Waals surface area contributed by atoms with E-state index in [2.05, 4.69) is 10.0 Å². The van der Waals surface area contributed by atoms with Gasteiger partial charge in [0.25, 0.3) is 0 Å². The molecule has 1 aliphatic rings. The van der Waals surface area contributed by atoms with Crippen LogP contribution >= 0.6 is 23.2 Å². The van der Waals surface area contributed by atoms with Crippen LogP contribution in [0.2, 0.25) is 10.0 Å². The average molecular weight is 428 g/mol. The maximum Gasteiger partial charge on any atom is 0.240 e. The number of halogens is 2. The molecule has 0 aliphatic heterocycles. The molecule has 5 nitrogen and oxygen atoms in total. The Morgan fingerprint density at radius 2 is 1.85 bits per heavy atom. The summed E-state index contributed by atoms with van der Waals surface area (Å²) in [5.41, 5.74) is 8.60. The fourth-order valence-corrected chi connectivity index (χ4v) is 5.02. The van der Waals surface area contributed by atoms with Crippen molar-refractivity contribution in [1.29, 1.82) is 0 Å². The predicted octanol–water partition coefficient (Wildman–Crippen LogP) is 3.42. The first-order valence-electron chi connectivity index (χ1n) is 8.83. The van der Waals surface area contributed by atoms with E-state index in [1.807, 2.05) is 25.2 Å². The fraction of sp³-hybridized carbons (Fsp3) is 0.368. The molecule has 27 heavy (non-hydrogen) atoms. The van der Waals surface area contributed by atoms with E-state index in [1.54, 1.807) is 18.2 Å². The average Bonchev–Trinajstić information content (AvgIpc) is 2.67. The number of nitrogens with one attached hydrogen (secondary N) is 2. The number of hydrogen-bond donors (Lipinski definition) is 3. The molecular formula is C19H23Cl2N3O2S. The number of fused-ring (bicyclic) bond motifs is 1. The van der Waals surface area contributed by atoms with E-state index in [0.29, 0.717) is 10.0 Å². The topological polar surface area (TPSA) is 84.2 Å². The molecule has 0 fully saturated rings. The maximum absolute atomic E-state index is 12.5. The SMILES string of the molecule is CN[C@H]1CC[C@@H](c2ccc(Cl)c(Cl)c2)c2ccc(S(=O)(=O)NCCN)cc21. The summed E-state index contributed by atoms with van der Waals surface area (Å²) in [7, 11) is -1.69. The van der Waals surface area contributed by atoms with Gasteiger partial charge in [-0.25, -0.2) is 13.1 Å². The van der Waals surface area contributed by atoms with Gasteiger partial charge in [-0.15, -0.1) is 0 Å². The van der Waals surface area contributed by atoms with Crippen LogP contribution in [0.4, 0.5) is 0 Å². The molecule has 0 saturated carbocycles. The summed E-state index contributed by atoms with van der Waals surface area (Å²) in [4.78, 5) is 0.254. The molecule has 0 unspecified atom stereocenters. The summed E-state index contributed by atoms with van der Waals surface area (Å²) in [6.45, 7) is 0.462. The van der Waals surface area contributed by atoms with E-state index < -0.39 is 10.0 Å². The lowest BCUT2D eigenvalue weighted by Crippen LogP contribution is -2.30. The quantitative estimate of drug-likeness (QED) is 0.659. The van der Waals surface area contributed by atoms with Crippen molar-refractivity contribution in [3.63, 3.8) is 0 Å². The Bertz CT molecular complexity index is 935. The lowest BCUT2D eigenvalue weighted by molar-refractivity contribution is 0.469. The van der Waals surface area contributed by atoms with Gasteiger partial charge in [0.15, 0.2) is 0 Å². The Morgan fingerprint density at radius 3 is 2.52 bits per heavy atom. The van der Waals surface area contributed by atoms with Crippen LogP contribution in [-0.2, 0) is 10.0 Å². The molecule has 0 spiro atoms. The van der Waals surface area contributed by atoms with Gasteiger partial charge in [0.2, 0.25) is 10.0 Å². The second-order valence-electron chi connectivity index (χ2n) is 6.62.